The summed E-state index contributed by atoms with van der Waals surface area (Å²) in [5.41, 5.74) is 5.20. The van der Waals surface area contributed by atoms with Gasteiger partial charge in [-0.2, -0.15) is 0 Å². The normalized spacial score (nSPS) is 13.7. The third-order valence-corrected chi connectivity index (χ3v) is 5.57. The maximum atomic E-state index is 12.6. The van der Waals surface area contributed by atoms with Crippen LogP contribution in [0.2, 0.25) is 0 Å². The molecule has 0 atom stereocenters. The lowest BCUT2D eigenvalue weighted by atomic mass is 10.1. The molecule has 0 spiro atoms. The number of fused-ring (bicyclic) bond motifs is 1. The van der Waals surface area contributed by atoms with E-state index in [1.54, 1.807) is 12.1 Å². The monoisotopic (exact) mass is 410 g/mol. The number of carbonyl (C=O) groups excluding carboxylic acids is 2. The molecular formula is C25H22N4O2. The van der Waals surface area contributed by atoms with Crippen LogP contribution in [-0.4, -0.2) is 33.2 Å². The molecular weight excluding hydrogens is 388 g/mol. The smallest absolute Gasteiger partial charge is 0.255 e. The Bertz CT molecular complexity index is 1210. The number of nitrogens with one attached hydrogen (secondary N) is 2. The Morgan fingerprint density at radius 3 is 2.48 bits per heavy atom. The molecule has 6 nitrogen and oxygen atoms in total. The Labute approximate surface area is 179 Å². The van der Waals surface area contributed by atoms with Gasteiger partial charge in [0, 0.05) is 36.3 Å². The van der Waals surface area contributed by atoms with Crippen LogP contribution in [0, 0.1) is 0 Å². The van der Waals surface area contributed by atoms with Crippen molar-refractivity contribution in [3.63, 3.8) is 0 Å². The van der Waals surface area contributed by atoms with E-state index in [2.05, 4.69) is 15.3 Å². The summed E-state index contributed by atoms with van der Waals surface area (Å²) in [5.74, 6) is 0.833. The summed E-state index contributed by atoms with van der Waals surface area (Å²) in [5, 5.41) is 2.93. The number of likely N-dealkylation sites (tertiary alicyclic amines) is 1. The first-order valence-corrected chi connectivity index (χ1v) is 10.4. The number of H-pyrrole nitrogens is 1. The largest absolute Gasteiger partial charge is 0.338 e. The average molecular weight is 410 g/mol. The summed E-state index contributed by atoms with van der Waals surface area (Å²) in [4.78, 5) is 34.1. The SMILES string of the molecule is O=C(Nc1ccc(-c2nc3ccccc3[nH]2)cc1)c1ccc(CN2CCCC2=O)cc1. The summed E-state index contributed by atoms with van der Waals surface area (Å²) in [7, 11) is 0. The van der Waals surface area contributed by atoms with Crippen LogP contribution in [0.25, 0.3) is 22.4 Å². The molecule has 1 aromatic heterocycles. The van der Waals surface area contributed by atoms with Crippen molar-refractivity contribution in [3.05, 3.63) is 83.9 Å². The van der Waals surface area contributed by atoms with Gasteiger partial charge in [0.05, 0.1) is 11.0 Å². The van der Waals surface area contributed by atoms with Gasteiger partial charge in [-0.3, -0.25) is 9.59 Å². The molecule has 1 aliphatic rings. The zero-order chi connectivity index (χ0) is 21.2. The number of hydrogen-bond acceptors (Lipinski definition) is 3. The number of para-hydroxylation sites is 2. The van der Waals surface area contributed by atoms with E-state index in [9.17, 15) is 9.59 Å². The van der Waals surface area contributed by atoms with Gasteiger partial charge >= 0.3 is 0 Å². The molecule has 3 aromatic carbocycles. The number of nitrogens with zero attached hydrogens (tertiary/aromatic N) is 2. The Balaban J connectivity index is 1.24. The Morgan fingerprint density at radius 2 is 1.77 bits per heavy atom. The van der Waals surface area contributed by atoms with Crippen LogP contribution in [0.4, 0.5) is 5.69 Å². The van der Waals surface area contributed by atoms with Crippen LogP contribution in [0.5, 0.6) is 0 Å². The van der Waals surface area contributed by atoms with E-state index in [1.807, 2.05) is 65.6 Å². The van der Waals surface area contributed by atoms with Gasteiger partial charge in [-0.05, 0) is 60.5 Å². The lowest BCUT2D eigenvalue weighted by Gasteiger charge is -2.15. The fourth-order valence-electron chi connectivity index (χ4n) is 3.86. The quantitative estimate of drug-likeness (QED) is 0.505. The van der Waals surface area contributed by atoms with Crippen LogP contribution in [0.1, 0.15) is 28.8 Å². The molecule has 31 heavy (non-hydrogen) atoms. The van der Waals surface area contributed by atoms with Crippen molar-refractivity contribution in [2.75, 3.05) is 11.9 Å². The molecule has 1 fully saturated rings. The van der Waals surface area contributed by atoms with Crippen LogP contribution in [0.3, 0.4) is 0 Å². The molecule has 2 N–H and O–H groups in total. The second-order valence-corrected chi connectivity index (χ2v) is 7.75. The van der Waals surface area contributed by atoms with Gasteiger partial charge in [0.15, 0.2) is 0 Å². The number of benzene rings is 3. The molecule has 6 heteroatoms. The molecule has 2 heterocycles. The topological polar surface area (TPSA) is 78.1 Å². The molecule has 0 unspecified atom stereocenters. The van der Waals surface area contributed by atoms with Gasteiger partial charge < -0.3 is 15.2 Å². The van der Waals surface area contributed by atoms with Crippen LogP contribution in [-0.2, 0) is 11.3 Å². The summed E-state index contributed by atoms with van der Waals surface area (Å²) in [6, 6.07) is 22.9. The van der Waals surface area contributed by atoms with Crippen LogP contribution < -0.4 is 5.32 Å². The molecule has 2 amide bonds. The van der Waals surface area contributed by atoms with E-state index < -0.39 is 0 Å². The minimum Gasteiger partial charge on any atom is -0.338 e. The first-order valence-electron chi connectivity index (χ1n) is 10.4. The summed E-state index contributed by atoms with van der Waals surface area (Å²) >= 11 is 0. The van der Waals surface area contributed by atoms with Gasteiger partial charge in [-0.25, -0.2) is 4.98 Å². The molecule has 0 saturated carbocycles. The van der Waals surface area contributed by atoms with Gasteiger partial charge in [0.2, 0.25) is 5.91 Å². The number of aromatic nitrogens is 2. The number of aromatic amines is 1. The van der Waals surface area contributed by atoms with Gasteiger partial charge in [-0.15, -0.1) is 0 Å². The molecule has 5 rings (SSSR count). The number of anilines is 1. The molecule has 1 aliphatic heterocycles. The predicted molar refractivity (Wildman–Crippen MR) is 121 cm³/mol. The summed E-state index contributed by atoms with van der Waals surface area (Å²) in [6.07, 6.45) is 1.56. The fraction of sp³-hybridized carbons (Fsp3) is 0.160. The molecule has 0 radical (unpaired) electrons. The van der Waals surface area contributed by atoms with E-state index in [-0.39, 0.29) is 11.8 Å². The number of rotatable bonds is 5. The third kappa shape index (κ3) is 4.05. The van der Waals surface area contributed by atoms with E-state index in [4.69, 9.17) is 0 Å². The lowest BCUT2D eigenvalue weighted by Crippen LogP contribution is -2.23. The Kier molecular flexibility index (Phi) is 4.96. The summed E-state index contributed by atoms with van der Waals surface area (Å²) < 4.78 is 0. The number of hydrogen-bond donors (Lipinski definition) is 2. The molecule has 154 valence electrons. The first-order chi connectivity index (χ1) is 15.2. The average Bonchev–Trinajstić information content (AvgIpc) is 3.41. The third-order valence-electron chi connectivity index (χ3n) is 5.57. The van der Waals surface area contributed by atoms with E-state index in [0.717, 1.165) is 46.6 Å². The minimum atomic E-state index is -0.166. The van der Waals surface area contributed by atoms with Crippen molar-refractivity contribution in [2.45, 2.75) is 19.4 Å². The second kappa shape index (κ2) is 8.07. The highest BCUT2D eigenvalue weighted by molar-refractivity contribution is 6.04. The first kappa shape index (κ1) is 19.1. The van der Waals surface area contributed by atoms with Crippen molar-refractivity contribution in [1.82, 2.24) is 14.9 Å². The second-order valence-electron chi connectivity index (χ2n) is 7.75. The van der Waals surface area contributed by atoms with E-state index in [1.165, 1.54) is 0 Å². The van der Waals surface area contributed by atoms with E-state index >= 15 is 0 Å². The maximum absolute atomic E-state index is 12.6. The minimum absolute atomic E-state index is 0.166. The highest BCUT2D eigenvalue weighted by Crippen LogP contribution is 2.22. The van der Waals surface area contributed by atoms with Crippen molar-refractivity contribution < 1.29 is 9.59 Å². The van der Waals surface area contributed by atoms with Gasteiger partial charge in [0.25, 0.3) is 5.91 Å². The lowest BCUT2D eigenvalue weighted by molar-refractivity contribution is -0.128. The van der Waals surface area contributed by atoms with Gasteiger partial charge in [-0.1, -0.05) is 24.3 Å². The zero-order valence-corrected chi connectivity index (χ0v) is 17.0. The number of carbonyl (C=O) groups is 2. The van der Waals surface area contributed by atoms with Crippen molar-refractivity contribution in [1.29, 1.82) is 0 Å². The van der Waals surface area contributed by atoms with E-state index in [0.29, 0.717) is 18.5 Å². The number of amides is 2. The molecule has 1 saturated heterocycles. The van der Waals surface area contributed by atoms with Crippen molar-refractivity contribution >= 4 is 28.5 Å². The van der Waals surface area contributed by atoms with Crippen LogP contribution >= 0.6 is 0 Å². The molecule has 0 aliphatic carbocycles. The fourth-order valence-corrected chi connectivity index (χ4v) is 3.86. The number of imidazole rings is 1. The van der Waals surface area contributed by atoms with Crippen molar-refractivity contribution in [3.8, 4) is 11.4 Å². The van der Waals surface area contributed by atoms with Gasteiger partial charge in [0.1, 0.15) is 5.82 Å². The van der Waals surface area contributed by atoms with Crippen molar-refractivity contribution in [2.24, 2.45) is 0 Å². The predicted octanol–water partition coefficient (Wildman–Crippen LogP) is 4.60. The highest BCUT2D eigenvalue weighted by atomic mass is 16.2. The zero-order valence-electron chi connectivity index (χ0n) is 17.0. The molecule has 4 aromatic rings. The van der Waals surface area contributed by atoms with Crippen LogP contribution in [0.15, 0.2) is 72.8 Å². The Hall–Kier alpha value is -3.93. The maximum Gasteiger partial charge on any atom is 0.255 e. The molecule has 0 bridgehead atoms. The standard InChI is InChI=1S/C25H22N4O2/c30-23-6-3-15-29(23)16-17-7-9-19(10-8-17)25(31)26-20-13-11-18(12-14-20)24-27-21-4-1-2-5-22(21)28-24/h1-2,4-5,7-14H,3,6,15-16H2,(H,26,31)(H,27,28). The Morgan fingerprint density at radius 1 is 1.00 bits per heavy atom. The highest BCUT2D eigenvalue weighted by Gasteiger charge is 2.20. The summed E-state index contributed by atoms with van der Waals surface area (Å²) in [6.45, 7) is 1.41.